The minimum absolute atomic E-state index is 0.104. The number of carbonyl (C=O) groups is 1. The van der Waals surface area contributed by atoms with E-state index in [1.54, 1.807) is 29.4 Å². The number of pyridine rings is 1. The lowest BCUT2D eigenvalue weighted by molar-refractivity contribution is 0.0256. The monoisotopic (exact) mass is 402 g/mol. The number of aromatic nitrogens is 3. The number of fused-ring (bicyclic) bond motifs is 3. The van der Waals surface area contributed by atoms with Crippen LogP contribution in [0.2, 0.25) is 0 Å². The van der Waals surface area contributed by atoms with Gasteiger partial charge in [-0.3, -0.25) is 4.98 Å². The van der Waals surface area contributed by atoms with Crippen LogP contribution in [0, 0.1) is 5.41 Å². The SMILES string of the molecule is C[C@@H](O)c1nc2cnc3ccsc3c2n1[C@H]1CCCN(C(=O)O)C1C(C)(C)C. The highest BCUT2D eigenvalue weighted by atomic mass is 32.1. The summed E-state index contributed by atoms with van der Waals surface area (Å²) in [6, 6.07) is 1.65. The number of imidazole rings is 1. The van der Waals surface area contributed by atoms with E-state index in [0.29, 0.717) is 12.4 Å². The van der Waals surface area contributed by atoms with Crippen molar-refractivity contribution in [2.24, 2.45) is 5.41 Å². The van der Waals surface area contributed by atoms with Crippen molar-refractivity contribution in [2.75, 3.05) is 6.54 Å². The number of hydrogen-bond acceptors (Lipinski definition) is 5. The van der Waals surface area contributed by atoms with Gasteiger partial charge in [-0.15, -0.1) is 11.3 Å². The minimum Gasteiger partial charge on any atom is -0.465 e. The van der Waals surface area contributed by atoms with Crippen LogP contribution in [0.25, 0.3) is 21.3 Å². The number of carboxylic acid groups (broad SMARTS) is 1. The molecule has 150 valence electrons. The molecule has 0 radical (unpaired) electrons. The van der Waals surface area contributed by atoms with Crippen LogP contribution in [0.15, 0.2) is 17.6 Å². The lowest BCUT2D eigenvalue weighted by atomic mass is 9.77. The van der Waals surface area contributed by atoms with Gasteiger partial charge in [0.2, 0.25) is 0 Å². The summed E-state index contributed by atoms with van der Waals surface area (Å²) in [5.41, 5.74) is 2.32. The molecule has 28 heavy (non-hydrogen) atoms. The molecule has 1 aliphatic heterocycles. The van der Waals surface area contributed by atoms with Gasteiger partial charge in [-0.05, 0) is 36.6 Å². The molecule has 2 N–H and O–H groups in total. The highest BCUT2D eigenvalue weighted by molar-refractivity contribution is 7.18. The zero-order chi connectivity index (χ0) is 20.2. The predicted molar refractivity (Wildman–Crippen MR) is 110 cm³/mol. The number of hydrogen-bond donors (Lipinski definition) is 2. The molecule has 0 saturated carbocycles. The Bertz CT molecular complexity index is 1030. The van der Waals surface area contributed by atoms with E-state index in [1.165, 1.54) is 0 Å². The van der Waals surface area contributed by atoms with Crippen LogP contribution >= 0.6 is 11.3 Å². The van der Waals surface area contributed by atoms with E-state index in [0.717, 1.165) is 34.1 Å². The molecule has 7 nitrogen and oxygen atoms in total. The predicted octanol–water partition coefficient (Wildman–Crippen LogP) is 4.43. The van der Waals surface area contributed by atoms with Crippen molar-refractivity contribution >= 4 is 38.7 Å². The molecule has 1 fully saturated rings. The van der Waals surface area contributed by atoms with Crippen molar-refractivity contribution in [3.63, 3.8) is 0 Å². The molecule has 1 aliphatic rings. The first-order valence-electron chi connectivity index (χ1n) is 9.62. The lowest BCUT2D eigenvalue weighted by Gasteiger charge is -2.47. The summed E-state index contributed by atoms with van der Waals surface area (Å²) in [4.78, 5) is 22.8. The first-order chi connectivity index (χ1) is 13.2. The van der Waals surface area contributed by atoms with E-state index < -0.39 is 12.2 Å². The maximum Gasteiger partial charge on any atom is 0.407 e. The van der Waals surface area contributed by atoms with Crippen LogP contribution in [0.5, 0.6) is 0 Å². The number of aliphatic hydroxyl groups excluding tert-OH is 1. The van der Waals surface area contributed by atoms with Crippen LogP contribution in [-0.4, -0.2) is 48.3 Å². The Morgan fingerprint density at radius 3 is 2.75 bits per heavy atom. The van der Waals surface area contributed by atoms with Gasteiger partial charge in [0.25, 0.3) is 0 Å². The Balaban J connectivity index is 2.01. The van der Waals surface area contributed by atoms with Gasteiger partial charge in [0.05, 0.1) is 34.0 Å². The van der Waals surface area contributed by atoms with Gasteiger partial charge in [0.15, 0.2) is 0 Å². The second-order valence-corrected chi connectivity index (χ2v) is 9.56. The van der Waals surface area contributed by atoms with Crippen molar-refractivity contribution in [1.82, 2.24) is 19.4 Å². The minimum atomic E-state index is -0.893. The summed E-state index contributed by atoms with van der Waals surface area (Å²) in [5.74, 6) is 0.573. The second-order valence-electron chi connectivity index (χ2n) is 8.64. The van der Waals surface area contributed by atoms with Crippen LogP contribution in [0.4, 0.5) is 4.79 Å². The van der Waals surface area contributed by atoms with Crippen LogP contribution in [0.3, 0.4) is 0 Å². The van der Waals surface area contributed by atoms with Crippen LogP contribution in [0.1, 0.15) is 58.5 Å². The fourth-order valence-corrected chi connectivity index (χ4v) is 5.52. The zero-order valence-electron chi connectivity index (χ0n) is 16.6. The Morgan fingerprint density at radius 2 is 2.11 bits per heavy atom. The molecule has 0 aliphatic carbocycles. The summed E-state index contributed by atoms with van der Waals surface area (Å²) in [7, 11) is 0. The van der Waals surface area contributed by atoms with Crippen molar-refractivity contribution in [1.29, 1.82) is 0 Å². The average Bonchev–Trinajstić information content (AvgIpc) is 3.23. The first kappa shape index (κ1) is 19.1. The molecular formula is C20H26N4O3S. The van der Waals surface area contributed by atoms with E-state index in [9.17, 15) is 15.0 Å². The third kappa shape index (κ3) is 2.95. The second kappa shape index (κ2) is 6.70. The zero-order valence-corrected chi connectivity index (χ0v) is 17.4. The number of likely N-dealkylation sites (tertiary alicyclic amines) is 1. The average molecular weight is 403 g/mol. The van der Waals surface area contributed by atoms with Crippen LogP contribution < -0.4 is 0 Å². The first-order valence-corrected chi connectivity index (χ1v) is 10.5. The molecule has 1 saturated heterocycles. The van der Waals surface area contributed by atoms with Crippen molar-refractivity contribution in [2.45, 2.75) is 58.7 Å². The molecular weight excluding hydrogens is 376 g/mol. The number of thiophene rings is 1. The number of piperidine rings is 1. The standard InChI is InChI=1S/C20H26N4O3S/c1-11(25)18-22-13-10-21-12-7-9-28-16(12)15(13)24(18)14-6-5-8-23(19(26)27)17(14)20(2,3)4/h7,9-11,14,17,25H,5-6,8H2,1-4H3,(H,26,27)/t11-,14+,17?/m1/s1. The number of nitrogens with zero attached hydrogens (tertiary/aromatic N) is 4. The number of amides is 1. The molecule has 3 aromatic heterocycles. The molecule has 3 aromatic rings. The molecule has 8 heteroatoms. The van der Waals surface area contributed by atoms with E-state index in [-0.39, 0.29) is 17.5 Å². The molecule has 0 aromatic carbocycles. The van der Waals surface area contributed by atoms with Gasteiger partial charge in [-0.1, -0.05) is 20.8 Å². The van der Waals surface area contributed by atoms with Gasteiger partial charge < -0.3 is 19.7 Å². The molecule has 0 spiro atoms. The van der Waals surface area contributed by atoms with Gasteiger partial charge >= 0.3 is 6.09 Å². The topological polar surface area (TPSA) is 91.5 Å². The maximum absolute atomic E-state index is 12.0. The molecule has 3 atom stereocenters. The Labute approximate surface area is 167 Å². The summed E-state index contributed by atoms with van der Waals surface area (Å²) in [6.45, 7) is 8.47. The van der Waals surface area contributed by atoms with Gasteiger partial charge in [-0.25, -0.2) is 9.78 Å². The maximum atomic E-state index is 12.0. The van der Waals surface area contributed by atoms with Gasteiger partial charge in [-0.2, -0.15) is 0 Å². The van der Waals surface area contributed by atoms with E-state index in [4.69, 9.17) is 4.98 Å². The summed E-state index contributed by atoms with van der Waals surface area (Å²) in [5, 5.41) is 22.4. The van der Waals surface area contributed by atoms with Gasteiger partial charge in [0, 0.05) is 6.54 Å². The van der Waals surface area contributed by atoms with Gasteiger partial charge in [0.1, 0.15) is 17.4 Å². The van der Waals surface area contributed by atoms with Crippen molar-refractivity contribution in [3.05, 3.63) is 23.5 Å². The fourth-order valence-electron chi connectivity index (χ4n) is 4.63. The molecule has 1 amide bonds. The Kier molecular flexibility index (Phi) is 4.58. The number of rotatable bonds is 2. The van der Waals surface area contributed by atoms with Crippen molar-refractivity contribution in [3.8, 4) is 0 Å². The molecule has 0 bridgehead atoms. The number of aliphatic hydroxyl groups is 1. The lowest BCUT2D eigenvalue weighted by Crippen LogP contribution is -2.54. The third-order valence-electron chi connectivity index (χ3n) is 5.59. The highest BCUT2D eigenvalue weighted by Gasteiger charge is 2.44. The molecule has 1 unspecified atom stereocenters. The summed E-state index contributed by atoms with van der Waals surface area (Å²) < 4.78 is 3.13. The smallest absolute Gasteiger partial charge is 0.407 e. The van der Waals surface area contributed by atoms with E-state index >= 15 is 0 Å². The highest BCUT2D eigenvalue weighted by Crippen LogP contribution is 2.43. The van der Waals surface area contributed by atoms with E-state index in [1.807, 2.05) is 11.4 Å². The summed E-state index contributed by atoms with van der Waals surface area (Å²) >= 11 is 1.60. The molecule has 4 heterocycles. The molecule has 4 rings (SSSR count). The van der Waals surface area contributed by atoms with Crippen LogP contribution in [-0.2, 0) is 0 Å². The summed E-state index contributed by atoms with van der Waals surface area (Å²) in [6.07, 6.45) is 1.71. The largest absolute Gasteiger partial charge is 0.465 e. The van der Waals surface area contributed by atoms with Crippen molar-refractivity contribution < 1.29 is 15.0 Å². The third-order valence-corrected chi connectivity index (χ3v) is 6.50. The van der Waals surface area contributed by atoms with E-state index in [2.05, 4.69) is 30.3 Å². The quantitative estimate of drug-likeness (QED) is 0.662. The Hall–Kier alpha value is -2.19. The fraction of sp³-hybridized carbons (Fsp3) is 0.550. The normalized spacial score (nSPS) is 22.1. The Morgan fingerprint density at radius 1 is 1.36 bits per heavy atom.